The summed E-state index contributed by atoms with van der Waals surface area (Å²) in [5, 5.41) is 15.4. The maximum absolute atomic E-state index is 13.7. The standard InChI is InChI=1S/C23H28ClFN6.CH2O2/c1-30(2)11-9-15-5-7-17(12-15)28-22-18(14-27-31-10-3-4-21(22)31)23(26)29-20-13-16(25)6-8-19(20)24;2-1-3/h3-4,6,8,10,13-15,17,28H,5,7,9,11-12H2,1-2H3,(H2,26,29);1H,(H,2,3). The Labute approximate surface area is 203 Å². The number of anilines is 1. The van der Waals surface area contributed by atoms with Gasteiger partial charge in [0.2, 0.25) is 0 Å². The molecule has 4 rings (SSSR count). The van der Waals surface area contributed by atoms with E-state index in [0.29, 0.717) is 28.2 Å². The summed E-state index contributed by atoms with van der Waals surface area (Å²) < 4.78 is 15.5. The highest BCUT2D eigenvalue weighted by Gasteiger charge is 2.26. The number of halogens is 2. The van der Waals surface area contributed by atoms with Gasteiger partial charge in [0.05, 0.1) is 33.7 Å². The average molecular weight is 489 g/mol. The molecule has 0 bridgehead atoms. The van der Waals surface area contributed by atoms with E-state index in [4.69, 9.17) is 27.2 Å². The van der Waals surface area contributed by atoms with Gasteiger partial charge >= 0.3 is 0 Å². The van der Waals surface area contributed by atoms with Gasteiger partial charge in [-0.25, -0.2) is 13.9 Å². The summed E-state index contributed by atoms with van der Waals surface area (Å²) >= 11 is 6.18. The first-order valence-corrected chi connectivity index (χ1v) is 11.4. The van der Waals surface area contributed by atoms with Crippen LogP contribution >= 0.6 is 11.6 Å². The monoisotopic (exact) mass is 488 g/mol. The maximum atomic E-state index is 13.7. The van der Waals surface area contributed by atoms with Gasteiger partial charge in [-0.3, -0.25) is 4.79 Å². The molecule has 34 heavy (non-hydrogen) atoms. The molecule has 2 atom stereocenters. The fraction of sp³-hybridized carbons (Fsp3) is 0.375. The second kappa shape index (κ2) is 11.8. The van der Waals surface area contributed by atoms with Crippen LogP contribution < -0.4 is 11.1 Å². The normalized spacial score (nSPS) is 18.1. The topological polar surface area (TPSA) is 108 Å². The zero-order valence-corrected chi connectivity index (χ0v) is 20.0. The second-order valence-corrected chi connectivity index (χ2v) is 8.99. The molecule has 0 aliphatic heterocycles. The molecule has 0 radical (unpaired) electrons. The van der Waals surface area contributed by atoms with Gasteiger partial charge in [-0.1, -0.05) is 11.6 Å². The summed E-state index contributed by atoms with van der Waals surface area (Å²) in [6.45, 7) is 0.856. The van der Waals surface area contributed by atoms with E-state index in [1.165, 1.54) is 31.0 Å². The largest absolute Gasteiger partial charge is 0.483 e. The zero-order valence-electron chi connectivity index (χ0n) is 19.3. The van der Waals surface area contributed by atoms with Gasteiger partial charge in [0, 0.05) is 18.3 Å². The highest BCUT2D eigenvalue weighted by Crippen LogP contribution is 2.33. The molecule has 0 amide bonds. The van der Waals surface area contributed by atoms with E-state index < -0.39 is 5.82 Å². The first kappa shape index (κ1) is 25.5. The van der Waals surface area contributed by atoms with Gasteiger partial charge in [0.25, 0.3) is 6.47 Å². The van der Waals surface area contributed by atoms with Gasteiger partial charge in [-0.15, -0.1) is 0 Å². The molecule has 2 unspecified atom stereocenters. The van der Waals surface area contributed by atoms with Crippen molar-refractivity contribution in [3.63, 3.8) is 0 Å². The Balaban J connectivity index is 0.00000103. The summed E-state index contributed by atoms with van der Waals surface area (Å²) in [4.78, 5) is 15.0. The smallest absolute Gasteiger partial charge is 0.290 e. The molecular weight excluding hydrogens is 459 g/mol. The third-order valence-electron chi connectivity index (χ3n) is 5.86. The Morgan fingerprint density at radius 3 is 2.91 bits per heavy atom. The van der Waals surface area contributed by atoms with Crippen molar-refractivity contribution in [3.05, 3.63) is 59.1 Å². The van der Waals surface area contributed by atoms with Crippen LogP contribution in [-0.2, 0) is 4.79 Å². The number of fused-ring (bicyclic) bond motifs is 1. The number of nitrogens with one attached hydrogen (secondary N) is 1. The molecule has 3 aromatic rings. The third-order valence-corrected chi connectivity index (χ3v) is 6.18. The van der Waals surface area contributed by atoms with Crippen molar-refractivity contribution in [1.29, 1.82) is 0 Å². The lowest BCUT2D eigenvalue weighted by atomic mass is 10.0. The molecule has 0 spiro atoms. The van der Waals surface area contributed by atoms with E-state index in [9.17, 15) is 4.39 Å². The van der Waals surface area contributed by atoms with E-state index in [1.54, 1.807) is 6.20 Å². The minimum Gasteiger partial charge on any atom is -0.483 e. The van der Waals surface area contributed by atoms with E-state index in [0.717, 1.165) is 30.6 Å². The number of hydrogen-bond donors (Lipinski definition) is 3. The fourth-order valence-corrected chi connectivity index (χ4v) is 4.37. The predicted octanol–water partition coefficient (Wildman–Crippen LogP) is 4.40. The first-order valence-electron chi connectivity index (χ1n) is 11.1. The SMILES string of the molecule is CN(C)CCC1CCC(Nc2c(C(N)=Nc3cc(F)ccc3Cl)cnn3cccc23)C1.O=CO. The van der Waals surface area contributed by atoms with Crippen LogP contribution in [0.1, 0.15) is 31.2 Å². The third kappa shape index (κ3) is 6.45. The van der Waals surface area contributed by atoms with Crippen molar-refractivity contribution in [3.8, 4) is 0 Å². The number of amidine groups is 1. The van der Waals surface area contributed by atoms with Crippen LogP contribution in [0.15, 0.2) is 47.7 Å². The number of carboxylic acid groups (broad SMARTS) is 1. The summed E-state index contributed by atoms with van der Waals surface area (Å²) in [5.74, 6) is 0.544. The quantitative estimate of drug-likeness (QED) is 0.258. The minimum absolute atomic E-state index is 0.244. The lowest BCUT2D eigenvalue weighted by molar-refractivity contribution is -0.122. The van der Waals surface area contributed by atoms with E-state index >= 15 is 0 Å². The molecule has 2 aromatic heterocycles. The Kier molecular flexibility index (Phi) is 8.84. The molecule has 1 fully saturated rings. The highest BCUT2D eigenvalue weighted by molar-refractivity contribution is 6.33. The molecule has 10 heteroatoms. The Bertz CT molecular complexity index is 1150. The van der Waals surface area contributed by atoms with Crippen LogP contribution in [0.3, 0.4) is 0 Å². The van der Waals surface area contributed by atoms with Crippen LogP contribution in [0.2, 0.25) is 5.02 Å². The molecular formula is C24H30ClFN6O2. The second-order valence-electron chi connectivity index (χ2n) is 8.58. The molecule has 182 valence electrons. The van der Waals surface area contributed by atoms with Crippen LogP contribution in [0.25, 0.3) is 5.52 Å². The van der Waals surface area contributed by atoms with Crippen molar-refractivity contribution in [2.45, 2.75) is 31.7 Å². The molecule has 2 heterocycles. The summed E-state index contributed by atoms with van der Waals surface area (Å²) in [5.41, 5.74) is 9.17. The molecule has 0 saturated heterocycles. The fourth-order valence-electron chi connectivity index (χ4n) is 4.21. The molecule has 8 nitrogen and oxygen atoms in total. The molecule has 4 N–H and O–H groups in total. The van der Waals surface area contributed by atoms with E-state index in [-0.39, 0.29) is 12.3 Å². The predicted molar refractivity (Wildman–Crippen MR) is 134 cm³/mol. The van der Waals surface area contributed by atoms with E-state index in [1.807, 2.05) is 22.8 Å². The number of nitrogens with two attached hydrogens (primary N) is 1. The van der Waals surface area contributed by atoms with Crippen molar-refractivity contribution in [2.75, 3.05) is 26.0 Å². The van der Waals surface area contributed by atoms with E-state index in [2.05, 4.69) is 34.4 Å². The van der Waals surface area contributed by atoms with Crippen molar-refractivity contribution < 1.29 is 14.3 Å². The number of rotatable bonds is 7. The summed E-state index contributed by atoms with van der Waals surface area (Å²) in [6, 6.07) is 8.35. The van der Waals surface area contributed by atoms with Crippen molar-refractivity contribution in [2.24, 2.45) is 16.6 Å². The van der Waals surface area contributed by atoms with Crippen molar-refractivity contribution in [1.82, 2.24) is 14.5 Å². The number of nitrogens with zero attached hydrogens (tertiary/aromatic N) is 4. The van der Waals surface area contributed by atoms with Gasteiger partial charge in [0.1, 0.15) is 11.7 Å². The van der Waals surface area contributed by atoms with Crippen LogP contribution in [0, 0.1) is 11.7 Å². The summed E-state index contributed by atoms with van der Waals surface area (Å²) in [7, 11) is 4.23. The number of benzene rings is 1. The molecule has 1 aliphatic rings. The zero-order chi connectivity index (χ0) is 24.7. The highest BCUT2D eigenvalue weighted by atomic mass is 35.5. The van der Waals surface area contributed by atoms with Crippen molar-refractivity contribution >= 4 is 40.8 Å². The summed E-state index contributed by atoms with van der Waals surface area (Å²) in [6.07, 6.45) is 8.24. The molecule has 1 aromatic carbocycles. The number of aromatic nitrogens is 2. The number of hydrogen-bond acceptors (Lipinski definition) is 5. The Hall–Kier alpha value is -3.17. The molecule has 1 aliphatic carbocycles. The number of aliphatic imine (C=N–C) groups is 1. The van der Waals surface area contributed by atoms with Crippen LogP contribution in [-0.4, -0.2) is 58.6 Å². The van der Waals surface area contributed by atoms with Gasteiger partial charge in [-0.2, -0.15) is 5.10 Å². The van der Waals surface area contributed by atoms with Gasteiger partial charge in [-0.05, 0) is 76.5 Å². The number of carbonyl (C=O) groups is 1. The average Bonchev–Trinajstić information content (AvgIpc) is 3.45. The van der Waals surface area contributed by atoms with Crippen LogP contribution in [0.4, 0.5) is 15.8 Å². The first-order chi connectivity index (χ1) is 16.3. The maximum Gasteiger partial charge on any atom is 0.290 e. The van der Waals surface area contributed by atoms with Gasteiger partial charge < -0.3 is 21.1 Å². The molecule has 1 saturated carbocycles. The van der Waals surface area contributed by atoms with Gasteiger partial charge in [0.15, 0.2) is 0 Å². The lowest BCUT2D eigenvalue weighted by Gasteiger charge is -2.19. The Morgan fingerprint density at radius 1 is 1.41 bits per heavy atom. The van der Waals surface area contributed by atoms with Crippen LogP contribution in [0.5, 0.6) is 0 Å². The Morgan fingerprint density at radius 2 is 2.18 bits per heavy atom. The lowest BCUT2D eigenvalue weighted by Crippen LogP contribution is -2.22. The minimum atomic E-state index is -0.413.